The topological polar surface area (TPSA) is 103 Å². The third kappa shape index (κ3) is 4.26. The SMILES string of the molecule is COCc1cc2n(n1)CC[C@@H](Nc1ncc(Cl)c(-c3cc(F)c4nc(C)n(C(C)C)c4c3)n1)[C@H]2O. The van der Waals surface area contributed by atoms with Crippen LogP contribution in [0.3, 0.4) is 0 Å². The Labute approximate surface area is 206 Å². The highest BCUT2D eigenvalue weighted by Gasteiger charge is 2.30. The van der Waals surface area contributed by atoms with E-state index in [-0.39, 0.29) is 12.1 Å². The van der Waals surface area contributed by atoms with E-state index in [9.17, 15) is 5.11 Å². The predicted molar refractivity (Wildman–Crippen MR) is 131 cm³/mol. The van der Waals surface area contributed by atoms with Crippen molar-refractivity contribution in [3.05, 3.63) is 52.4 Å². The molecule has 35 heavy (non-hydrogen) atoms. The molecule has 4 heterocycles. The minimum absolute atomic E-state index is 0.110. The molecule has 1 aromatic carbocycles. The fourth-order valence-corrected chi connectivity index (χ4v) is 4.96. The largest absolute Gasteiger partial charge is 0.385 e. The van der Waals surface area contributed by atoms with Crippen molar-refractivity contribution in [3.63, 3.8) is 0 Å². The molecule has 0 bridgehead atoms. The Hall–Kier alpha value is -3.08. The summed E-state index contributed by atoms with van der Waals surface area (Å²) in [6.07, 6.45) is 1.30. The van der Waals surface area contributed by atoms with Crippen LogP contribution in [0.25, 0.3) is 22.3 Å². The minimum atomic E-state index is -0.804. The number of rotatable bonds is 6. The van der Waals surface area contributed by atoms with Crippen molar-refractivity contribution in [2.75, 3.05) is 12.4 Å². The maximum atomic E-state index is 15.0. The number of nitrogens with one attached hydrogen (secondary N) is 1. The molecule has 2 N–H and O–H groups in total. The Morgan fingerprint density at radius 2 is 2.09 bits per heavy atom. The van der Waals surface area contributed by atoms with Gasteiger partial charge < -0.3 is 19.7 Å². The first-order chi connectivity index (χ1) is 16.8. The molecule has 1 aliphatic heterocycles. The molecule has 4 aromatic rings. The maximum Gasteiger partial charge on any atom is 0.223 e. The number of fused-ring (bicyclic) bond motifs is 2. The lowest BCUT2D eigenvalue weighted by atomic mass is 10.0. The fraction of sp³-hybridized carbons (Fsp3) is 0.417. The number of hydrogen-bond acceptors (Lipinski definition) is 7. The molecule has 3 aromatic heterocycles. The van der Waals surface area contributed by atoms with Gasteiger partial charge in [0.15, 0.2) is 5.82 Å². The van der Waals surface area contributed by atoms with E-state index in [1.807, 2.05) is 37.5 Å². The van der Waals surface area contributed by atoms with Crippen LogP contribution in [0.2, 0.25) is 5.02 Å². The first-order valence-electron chi connectivity index (χ1n) is 11.5. The second kappa shape index (κ2) is 9.18. The van der Waals surface area contributed by atoms with Crippen LogP contribution >= 0.6 is 11.6 Å². The number of aliphatic hydroxyl groups is 1. The van der Waals surface area contributed by atoms with Gasteiger partial charge in [0.25, 0.3) is 0 Å². The van der Waals surface area contributed by atoms with Gasteiger partial charge in [0.2, 0.25) is 5.95 Å². The van der Waals surface area contributed by atoms with Crippen LogP contribution in [-0.2, 0) is 17.9 Å². The average Bonchev–Trinajstić information content (AvgIpc) is 3.38. The Morgan fingerprint density at radius 3 is 2.83 bits per heavy atom. The number of aryl methyl sites for hydroxylation is 2. The third-order valence-electron chi connectivity index (χ3n) is 6.26. The van der Waals surface area contributed by atoms with Crippen molar-refractivity contribution in [2.45, 2.75) is 58.5 Å². The summed E-state index contributed by atoms with van der Waals surface area (Å²) in [5.41, 5.74) is 3.40. The van der Waals surface area contributed by atoms with Crippen molar-refractivity contribution in [3.8, 4) is 11.3 Å². The monoisotopic (exact) mass is 499 g/mol. The first kappa shape index (κ1) is 23.7. The number of anilines is 1. The van der Waals surface area contributed by atoms with Crippen molar-refractivity contribution < 1.29 is 14.2 Å². The average molecular weight is 500 g/mol. The van der Waals surface area contributed by atoms with Crippen molar-refractivity contribution in [2.24, 2.45) is 0 Å². The van der Waals surface area contributed by atoms with E-state index in [0.717, 1.165) is 11.5 Å². The first-order valence-corrected chi connectivity index (χ1v) is 11.9. The van der Waals surface area contributed by atoms with Crippen LogP contribution < -0.4 is 5.32 Å². The molecule has 0 radical (unpaired) electrons. The number of imidazole rings is 1. The number of ether oxygens (including phenoxy) is 1. The second-order valence-electron chi connectivity index (χ2n) is 9.04. The summed E-state index contributed by atoms with van der Waals surface area (Å²) >= 11 is 6.44. The molecular weight excluding hydrogens is 473 g/mol. The lowest BCUT2D eigenvalue weighted by Crippen LogP contribution is -2.35. The lowest BCUT2D eigenvalue weighted by Gasteiger charge is -2.29. The molecule has 0 saturated carbocycles. The van der Waals surface area contributed by atoms with Gasteiger partial charge in [-0.25, -0.2) is 19.3 Å². The molecule has 5 rings (SSSR count). The van der Waals surface area contributed by atoms with E-state index in [2.05, 4.69) is 25.4 Å². The van der Waals surface area contributed by atoms with Gasteiger partial charge in [0.1, 0.15) is 17.4 Å². The second-order valence-corrected chi connectivity index (χ2v) is 9.45. The summed E-state index contributed by atoms with van der Waals surface area (Å²) in [7, 11) is 1.61. The number of halogens is 2. The van der Waals surface area contributed by atoms with Gasteiger partial charge in [-0.15, -0.1) is 0 Å². The summed E-state index contributed by atoms with van der Waals surface area (Å²) in [5, 5.41) is 18.9. The number of aliphatic hydroxyl groups excluding tert-OH is 1. The van der Waals surface area contributed by atoms with Crippen LogP contribution in [-0.4, -0.2) is 47.6 Å². The van der Waals surface area contributed by atoms with Gasteiger partial charge in [0, 0.05) is 25.3 Å². The lowest BCUT2D eigenvalue weighted by molar-refractivity contribution is 0.120. The highest BCUT2D eigenvalue weighted by atomic mass is 35.5. The van der Waals surface area contributed by atoms with Crippen molar-refractivity contribution >= 4 is 28.6 Å². The van der Waals surface area contributed by atoms with Gasteiger partial charge in [-0.2, -0.15) is 5.10 Å². The van der Waals surface area contributed by atoms with E-state index in [0.29, 0.717) is 58.5 Å². The molecule has 0 aliphatic carbocycles. The van der Waals surface area contributed by atoms with Gasteiger partial charge >= 0.3 is 0 Å². The van der Waals surface area contributed by atoms with Gasteiger partial charge in [-0.3, -0.25) is 4.68 Å². The number of hydrogen-bond donors (Lipinski definition) is 2. The van der Waals surface area contributed by atoms with Crippen LogP contribution in [0.15, 0.2) is 24.4 Å². The zero-order valence-electron chi connectivity index (χ0n) is 20.0. The number of aromatic nitrogens is 6. The van der Waals surface area contributed by atoms with Gasteiger partial charge in [-0.05, 0) is 45.4 Å². The molecule has 0 fully saturated rings. The smallest absolute Gasteiger partial charge is 0.223 e. The quantitative estimate of drug-likeness (QED) is 0.404. The molecule has 11 heteroatoms. The van der Waals surface area contributed by atoms with E-state index in [1.54, 1.807) is 11.8 Å². The van der Waals surface area contributed by atoms with Gasteiger partial charge in [0.05, 0.1) is 46.5 Å². The van der Waals surface area contributed by atoms with Crippen LogP contribution in [0.5, 0.6) is 0 Å². The summed E-state index contributed by atoms with van der Waals surface area (Å²) in [6.45, 7) is 6.92. The van der Waals surface area contributed by atoms with Crippen LogP contribution in [0.1, 0.15) is 49.6 Å². The molecule has 0 saturated heterocycles. The standard InChI is InChI=1S/C24H27ClFN7O2/c1-12(2)33-13(3)28-22-17(26)7-14(8-19(22)33)21-16(25)10-27-24(30-21)29-18-5-6-32-20(23(18)34)9-15(31-32)11-35-4/h7-10,12,18,23,34H,5-6,11H2,1-4H3,(H,27,29,30)/t18-,23-/m1/s1. The molecule has 0 unspecified atom stereocenters. The van der Waals surface area contributed by atoms with E-state index >= 15 is 4.39 Å². The number of benzene rings is 1. The maximum absolute atomic E-state index is 15.0. The fourth-order valence-electron chi connectivity index (χ4n) is 4.76. The molecule has 0 spiro atoms. The van der Waals surface area contributed by atoms with Crippen LogP contribution in [0.4, 0.5) is 10.3 Å². The highest BCUT2D eigenvalue weighted by molar-refractivity contribution is 6.33. The van der Waals surface area contributed by atoms with Crippen molar-refractivity contribution in [1.82, 2.24) is 29.3 Å². The Kier molecular flexibility index (Phi) is 6.20. The van der Waals surface area contributed by atoms with E-state index < -0.39 is 11.9 Å². The van der Waals surface area contributed by atoms with Crippen LogP contribution in [0, 0.1) is 12.7 Å². The van der Waals surface area contributed by atoms with Gasteiger partial charge in [-0.1, -0.05) is 11.6 Å². The van der Waals surface area contributed by atoms with Crippen molar-refractivity contribution in [1.29, 1.82) is 0 Å². The molecule has 1 aliphatic rings. The summed E-state index contributed by atoms with van der Waals surface area (Å²) in [5.74, 6) is 0.598. The number of methoxy groups -OCH3 is 1. The Bertz CT molecular complexity index is 1400. The summed E-state index contributed by atoms with van der Waals surface area (Å²) < 4.78 is 23.9. The molecule has 0 amide bonds. The van der Waals surface area contributed by atoms with E-state index in [1.165, 1.54) is 12.3 Å². The molecular formula is C24H27ClFN7O2. The summed E-state index contributed by atoms with van der Waals surface area (Å²) in [4.78, 5) is 13.3. The zero-order chi connectivity index (χ0) is 24.9. The highest BCUT2D eigenvalue weighted by Crippen LogP contribution is 2.33. The number of nitrogens with zero attached hydrogens (tertiary/aromatic N) is 6. The predicted octanol–water partition coefficient (Wildman–Crippen LogP) is 4.44. The third-order valence-corrected chi connectivity index (χ3v) is 6.54. The minimum Gasteiger partial charge on any atom is -0.385 e. The summed E-state index contributed by atoms with van der Waals surface area (Å²) in [6, 6.07) is 4.87. The van der Waals surface area contributed by atoms with E-state index in [4.69, 9.17) is 16.3 Å². The molecule has 9 nitrogen and oxygen atoms in total. The Morgan fingerprint density at radius 1 is 1.29 bits per heavy atom. The Balaban J connectivity index is 1.47. The molecule has 2 atom stereocenters. The zero-order valence-corrected chi connectivity index (χ0v) is 20.7. The normalized spacial score (nSPS) is 17.8. The molecule has 184 valence electrons.